The molecule has 1 aliphatic carbocycles. The third-order valence-electron chi connectivity index (χ3n) is 12.0. The van der Waals surface area contributed by atoms with Crippen LogP contribution in [0, 0.1) is 17.8 Å². The summed E-state index contributed by atoms with van der Waals surface area (Å²) in [5.74, 6) is -4.76. The second-order valence-electron chi connectivity index (χ2n) is 16.1. The molecule has 3 N–H and O–H groups in total. The number of aliphatic hydroxyl groups is 1. The number of nitrogens with one attached hydrogen (secondary N) is 1. The van der Waals surface area contributed by atoms with Crippen LogP contribution in [0.15, 0.2) is 58.6 Å². The number of carbonyl (C=O) groups is 4. The van der Waals surface area contributed by atoms with Gasteiger partial charge in [0.2, 0.25) is 23.2 Å². The van der Waals surface area contributed by atoms with E-state index in [2.05, 4.69) is 5.32 Å². The molecule has 1 spiro atoms. The van der Waals surface area contributed by atoms with Gasteiger partial charge >= 0.3 is 0 Å². The molecule has 15 heteroatoms. The topological polar surface area (TPSA) is 183 Å². The predicted octanol–water partition coefficient (Wildman–Crippen LogP) is 5.32. The largest absolute Gasteiger partial charge is 0.507 e. The number of Topliss-reactive ketones (excluding diaryl/α,β-unsaturated/α-hetero) is 2. The van der Waals surface area contributed by atoms with Gasteiger partial charge in [0.15, 0.2) is 28.8 Å². The molecule has 308 valence electrons. The fourth-order valence-corrected chi connectivity index (χ4v) is 9.53. The molecule has 58 heavy (non-hydrogen) atoms. The number of phenolic OH excluding ortho intramolecular Hbond substituents is 1. The van der Waals surface area contributed by atoms with Crippen molar-refractivity contribution in [2.75, 3.05) is 34.4 Å². The van der Waals surface area contributed by atoms with Crippen LogP contribution in [-0.4, -0.2) is 89.1 Å². The van der Waals surface area contributed by atoms with Crippen molar-refractivity contribution in [1.82, 2.24) is 14.8 Å². The van der Waals surface area contributed by atoms with Crippen LogP contribution in [0.1, 0.15) is 79.9 Å². The Kier molecular flexibility index (Phi) is 11.0. The minimum Gasteiger partial charge on any atom is -0.507 e. The van der Waals surface area contributed by atoms with Crippen molar-refractivity contribution < 1.29 is 48.3 Å². The molecule has 3 unspecified atom stereocenters. The summed E-state index contributed by atoms with van der Waals surface area (Å²) < 4.78 is 24.4. The van der Waals surface area contributed by atoms with Gasteiger partial charge in [0, 0.05) is 73.6 Å². The van der Waals surface area contributed by atoms with E-state index in [1.807, 2.05) is 19.9 Å². The van der Waals surface area contributed by atoms with Crippen LogP contribution >= 0.6 is 11.6 Å². The maximum absolute atomic E-state index is 14.5. The fraction of sp³-hybridized carbons (Fsp3) is 0.465. The van der Waals surface area contributed by atoms with E-state index in [1.54, 1.807) is 28.5 Å². The van der Waals surface area contributed by atoms with Gasteiger partial charge in [-0.3, -0.25) is 24.0 Å². The number of hydrogen-bond donors (Lipinski definition) is 3. The molecule has 7 rings (SSSR count). The van der Waals surface area contributed by atoms with Crippen LogP contribution < -0.4 is 29.8 Å². The van der Waals surface area contributed by atoms with Gasteiger partial charge in [0.05, 0.1) is 21.3 Å². The molecule has 1 aromatic heterocycles. The minimum atomic E-state index is -2.11. The van der Waals surface area contributed by atoms with Gasteiger partial charge in [-0.25, -0.2) is 0 Å². The lowest BCUT2D eigenvalue weighted by atomic mass is 9.69. The number of fused-ring (bicyclic) bond motifs is 5. The smallest absolute Gasteiger partial charge is 0.250 e. The molecule has 0 saturated carbocycles. The molecule has 6 atom stereocenters. The van der Waals surface area contributed by atoms with E-state index in [0.717, 1.165) is 12.1 Å². The number of aromatic nitrogens is 1. The van der Waals surface area contributed by atoms with Gasteiger partial charge in [0.1, 0.15) is 28.1 Å². The third kappa shape index (κ3) is 6.84. The molecule has 1 fully saturated rings. The van der Waals surface area contributed by atoms with E-state index in [-0.39, 0.29) is 80.5 Å². The second kappa shape index (κ2) is 15.7. The summed E-state index contributed by atoms with van der Waals surface area (Å²) in [7, 11) is 4.10. The predicted molar refractivity (Wildman–Crippen MR) is 212 cm³/mol. The highest BCUT2D eigenvalue weighted by molar-refractivity contribution is 6.35. The van der Waals surface area contributed by atoms with Gasteiger partial charge in [-0.2, -0.15) is 0 Å². The molecule has 0 radical (unpaired) electrons. The lowest BCUT2D eigenvalue weighted by Crippen LogP contribution is -2.55. The van der Waals surface area contributed by atoms with Gasteiger partial charge in [-0.05, 0) is 48.4 Å². The number of aromatic hydroxyl groups is 1. The van der Waals surface area contributed by atoms with Crippen molar-refractivity contribution in [2.24, 2.45) is 17.8 Å². The highest BCUT2D eigenvalue weighted by Gasteiger charge is 2.61. The Morgan fingerprint density at radius 3 is 2.40 bits per heavy atom. The van der Waals surface area contributed by atoms with Gasteiger partial charge in [-0.1, -0.05) is 44.5 Å². The lowest BCUT2D eigenvalue weighted by molar-refractivity contribution is -0.139. The highest BCUT2D eigenvalue weighted by atomic mass is 35.5. The maximum atomic E-state index is 14.5. The fourth-order valence-electron chi connectivity index (χ4n) is 9.26. The summed E-state index contributed by atoms with van der Waals surface area (Å²) in [6, 6.07) is 10.0. The summed E-state index contributed by atoms with van der Waals surface area (Å²) in [5, 5.41) is 25.7. The summed E-state index contributed by atoms with van der Waals surface area (Å²) in [6.07, 6.45) is 0.490. The minimum absolute atomic E-state index is 0.0117. The van der Waals surface area contributed by atoms with E-state index < -0.39 is 53.1 Å². The van der Waals surface area contributed by atoms with E-state index in [4.69, 9.17) is 30.5 Å². The Morgan fingerprint density at radius 2 is 1.71 bits per heavy atom. The summed E-state index contributed by atoms with van der Waals surface area (Å²) >= 11 is 6.65. The maximum Gasteiger partial charge on any atom is 0.250 e. The first kappa shape index (κ1) is 40.7. The number of halogens is 1. The quantitative estimate of drug-likeness (QED) is 0.228. The van der Waals surface area contributed by atoms with Crippen molar-refractivity contribution in [3.8, 4) is 28.7 Å². The standard InChI is InChI=1S/C43H48ClN3O11/c1-21(2)12-27(42(54)46-18-23-14-25(20-46)28-8-7-9-35(51)47(28)19-23)45-34(50)16-26(24-10-11-29(48)31(15-24)55-4)36-30(49)13-22(3)43(40(36)52)41(53)37-32(56-5)17-33(57-6)38(44)39(37)58-43/h7-11,15,17,21-23,25-27,48,52H,12-14,16,18-20H2,1-6H3,(H,45,50)/t22-,23?,25?,26?,27+,43+/m1/s1. The molecule has 14 nitrogen and oxygen atoms in total. The molecule has 3 aromatic rings. The first-order chi connectivity index (χ1) is 27.6. The van der Waals surface area contributed by atoms with Crippen LogP contribution in [0.3, 0.4) is 0 Å². The van der Waals surface area contributed by atoms with E-state index in [9.17, 15) is 34.2 Å². The number of methoxy groups -OCH3 is 3. The lowest BCUT2D eigenvalue weighted by Gasteiger charge is -2.43. The molecule has 4 heterocycles. The number of ether oxygens (including phenoxy) is 4. The highest BCUT2D eigenvalue weighted by Crippen LogP contribution is 2.56. The van der Waals surface area contributed by atoms with E-state index in [0.29, 0.717) is 31.6 Å². The number of rotatable bonds is 11. The Bertz CT molecular complexity index is 2290. The zero-order valence-corrected chi connectivity index (χ0v) is 34.1. The number of pyridine rings is 1. The first-order valence-electron chi connectivity index (χ1n) is 19.4. The zero-order chi connectivity index (χ0) is 41.8. The van der Waals surface area contributed by atoms with Crippen molar-refractivity contribution in [2.45, 2.75) is 76.5 Å². The molecule has 1 saturated heterocycles. The monoisotopic (exact) mass is 817 g/mol. The molecule has 2 bridgehead atoms. The van der Waals surface area contributed by atoms with Crippen LogP contribution in [0.5, 0.6) is 28.7 Å². The van der Waals surface area contributed by atoms with Crippen molar-refractivity contribution >= 4 is 35.0 Å². The summed E-state index contributed by atoms with van der Waals surface area (Å²) in [6.45, 7) is 6.83. The van der Waals surface area contributed by atoms with Crippen molar-refractivity contribution in [3.63, 3.8) is 0 Å². The number of phenols is 1. The number of benzene rings is 2. The molecule has 3 aliphatic heterocycles. The number of ketones is 2. The molecular formula is C43H48ClN3O11. The van der Waals surface area contributed by atoms with E-state index in [1.165, 1.54) is 45.6 Å². The summed E-state index contributed by atoms with van der Waals surface area (Å²) in [4.78, 5) is 71.8. The van der Waals surface area contributed by atoms with Crippen LogP contribution in [0.25, 0.3) is 0 Å². The number of carbonyl (C=O) groups excluding carboxylic acids is 4. The van der Waals surface area contributed by atoms with Gasteiger partial charge in [0.25, 0.3) is 5.56 Å². The first-order valence-corrected chi connectivity index (χ1v) is 19.8. The average molecular weight is 818 g/mol. The van der Waals surface area contributed by atoms with E-state index >= 15 is 0 Å². The van der Waals surface area contributed by atoms with Crippen LogP contribution in [0.2, 0.25) is 5.02 Å². The zero-order valence-electron chi connectivity index (χ0n) is 33.3. The summed E-state index contributed by atoms with van der Waals surface area (Å²) in [5.41, 5.74) is -1.25. The number of amides is 2. The SMILES string of the molecule is COc1cc(C(CC(=O)N[C@@H](CC(C)C)C(=O)N2CC3CC(C2)c2cccc(=O)n2C3)C2=C(O)[C@@]3(Oc4c(Cl)c(OC)cc(OC)c4C3=O)[C@H](C)CC2=O)ccc1O. The Morgan fingerprint density at radius 1 is 0.983 bits per heavy atom. The normalized spacial score (nSPS) is 23.2. The second-order valence-corrected chi connectivity index (χ2v) is 16.5. The molecule has 2 aromatic carbocycles. The molecular weight excluding hydrogens is 770 g/mol. The van der Waals surface area contributed by atoms with Gasteiger partial charge in [-0.15, -0.1) is 0 Å². The van der Waals surface area contributed by atoms with Crippen molar-refractivity contribution in [1.29, 1.82) is 0 Å². The Hall–Kier alpha value is -5.50. The van der Waals surface area contributed by atoms with Crippen LogP contribution in [-0.2, 0) is 20.9 Å². The number of aliphatic hydroxyl groups excluding tert-OH is 1. The molecule has 4 aliphatic rings. The number of allylic oxidation sites excluding steroid dienone is 1. The van der Waals surface area contributed by atoms with Gasteiger partial charge < -0.3 is 43.9 Å². The van der Waals surface area contributed by atoms with Crippen molar-refractivity contribution in [3.05, 3.63) is 86.0 Å². The van der Waals surface area contributed by atoms with Crippen LogP contribution in [0.4, 0.5) is 0 Å². The molecule has 2 amide bonds. The number of hydrogen-bond acceptors (Lipinski definition) is 11. The number of piperidine rings is 1. The number of likely N-dealkylation sites (tertiary alicyclic amines) is 1. The number of nitrogens with zero attached hydrogens (tertiary/aromatic N) is 2. The third-order valence-corrected chi connectivity index (χ3v) is 12.3. The Balaban J connectivity index is 1.24. The average Bonchev–Trinajstić information content (AvgIpc) is 3.51. The Labute approximate surface area is 340 Å².